The van der Waals surface area contributed by atoms with Crippen molar-refractivity contribution in [3.8, 4) is 0 Å². The molecule has 6 heteroatoms. The lowest BCUT2D eigenvalue weighted by Gasteiger charge is -1.95. The molecule has 0 heterocycles. The highest BCUT2D eigenvalue weighted by Gasteiger charge is 2.27. The van der Waals surface area contributed by atoms with Crippen molar-refractivity contribution < 1.29 is 14.8 Å². The molecule has 0 radical (unpaired) electrons. The highest BCUT2D eigenvalue weighted by molar-refractivity contribution is 6.30. The average molecular weight is 294 g/mol. The summed E-state index contributed by atoms with van der Waals surface area (Å²) in [5, 5.41) is 20.7. The van der Waals surface area contributed by atoms with E-state index in [0.717, 1.165) is 0 Å². The number of Topliss-reactive ketones (excluding diaryl/α,β-unsaturated/α-hetero) is 1. The Kier molecular flexibility index (Phi) is 3.27. The van der Waals surface area contributed by atoms with E-state index in [1.54, 1.807) is 24.3 Å². The van der Waals surface area contributed by atoms with Crippen LogP contribution < -0.4 is 0 Å². The minimum absolute atomic E-state index is 0.0367. The van der Waals surface area contributed by atoms with Gasteiger partial charge in [0.15, 0.2) is 5.78 Å². The van der Waals surface area contributed by atoms with Gasteiger partial charge in [-0.2, -0.15) is 0 Å². The van der Waals surface area contributed by atoms with Crippen molar-refractivity contribution in [2.24, 2.45) is 4.99 Å². The van der Waals surface area contributed by atoms with Gasteiger partial charge >= 0.3 is 0 Å². The number of hydrogen-bond donors (Lipinski definition) is 1. The molecule has 22 heavy (non-hydrogen) atoms. The van der Waals surface area contributed by atoms with Crippen LogP contribution in [-0.2, 0) is 0 Å². The molecule has 0 unspecified atom stereocenters. The van der Waals surface area contributed by atoms with Gasteiger partial charge in [0.05, 0.1) is 16.2 Å². The molecule has 0 aliphatic heterocycles. The summed E-state index contributed by atoms with van der Waals surface area (Å²) in [6.45, 7) is 0. The number of nitro benzene ring substituents is 1. The Morgan fingerprint density at radius 1 is 1.05 bits per heavy atom. The zero-order chi connectivity index (χ0) is 15.7. The van der Waals surface area contributed by atoms with E-state index in [0.29, 0.717) is 16.8 Å². The number of non-ortho nitro benzene ring substituents is 1. The Labute approximate surface area is 125 Å². The lowest BCUT2D eigenvalue weighted by Crippen LogP contribution is -1.99. The zero-order valence-corrected chi connectivity index (χ0v) is 11.3. The summed E-state index contributed by atoms with van der Waals surface area (Å²) in [6, 6.07) is 12.4. The Balaban J connectivity index is 1.89. The summed E-state index contributed by atoms with van der Waals surface area (Å²) in [5.74, 6) is -0.398. The first-order chi connectivity index (χ1) is 10.6. The summed E-state index contributed by atoms with van der Waals surface area (Å²) in [4.78, 5) is 26.3. The zero-order valence-electron chi connectivity index (χ0n) is 11.3. The highest BCUT2D eigenvalue weighted by Crippen LogP contribution is 2.30. The molecule has 1 aliphatic carbocycles. The van der Waals surface area contributed by atoms with Crippen LogP contribution in [0, 0.1) is 10.1 Å². The number of ketones is 1. The first-order valence-corrected chi connectivity index (χ1v) is 6.44. The van der Waals surface area contributed by atoms with Crippen molar-refractivity contribution in [1.29, 1.82) is 0 Å². The number of carbonyl (C=O) groups excluding carboxylic acids is 1. The van der Waals surface area contributed by atoms with Crippen molar-refractivity contribution in [2.45, 2.75) is 0 Å². The number of nitro groups is 1. The van der Waals surface area contributed by atoms with Gasteiger partial charge in [-0.3, -0.25) is 19.9 Å². The third kappa shape index (κ3) is 2.26. The van der Waals surface area contributed by atoms with Crippen LogP contribution in [-0.4, -0.2) is 22.0 Å². The van der Waals surface area contributed by atoms with Gasteiger partial charge in [-0.05, 0) is 12.1 Å². The van der Waals surface area contributed by atoms with Gasteiger partial charge in [0.2, 0.25) is 0 Å². The van der Waals surface area contributed by atoms with E-state index in [-0.39, 0.29) is 22.8 Å². The molecule has 1 aliphatic rings. The number of carbonyl (C=O) groups is 1. The maximum atomic E-state index is 12.2. The van der Waals surface area contributed by atoms with E-state index < -0.39 is 4.92 Å². The van der Waals surface area contributed by atoms with E-state index in [2.05, 4.69) is 4.99 Å². The fourth-order valence-electron chi connectivity index (χ4n) is 2.20. The number of aliphatic imine (C=N–C) groups is 1. The van der Waals surface area contributed by atoms with Crippen LogP contribution in [0.1, 0.15) is 15.9 Å². The summed E-state index contributed by atoms with van der Waals surface area (Å²) < 4.78 is 0. The van der Waals surface area contributed by atoms with E-state index in [4.69, 9.17) is 0 Å². The summed E-state index contributed by atoms with van der Waals surface area (Å²) >= 11 is 0. The lowest BCUT2D eigenvalue weighted by molar-refractivity contribution is -0.384. The van der Waals surface area contributed by atoms with E-state index in [9.17, 15) is 20.0 Å². The maximum absolute atomic E-state index is 12.2. The van der Waals surface area contributed by atoms with Crippen molar-refractivity contribution in [1.82, 2.24) is 0 Å². The lowest BCUT2D eigenvalue weighted by atomic mass is 10.1. The van der Waals surface area contributed by atoms with Crippen LogP contribution in [0.4, 0.5) is 11.4 Å². The van der Waals surface area contributed by atoms with Crippen LogP contribution >= 0.6 is 0 Å². The molecule has 0 saturated heterocycles. The predicted octanol–water partition coefficient (Wildman–Crippen LogP) is 3.46. The number of aliphatic hydroxyl groups is 1. The quantitative estimate of drug-likeness (QED) is 0.533. The van der Waals surface area contributed by atoms with Crippen molar-refractivity contribution in [3.63, 3.8) is 0 Å². The van der Waals surface area contributed by atoms with Crippen molar-refractivity contribution in [2.75, 3.05) is 0 Å². The van der Waals surface area contributed by atoms with Gasteiger partial charge < -0.3 is 5.11 Å². The third-order valence-electron chi connectivity index (χ3n) is 3.33. The molecule has 2 aromatic rings. The molecule has 3 rings (SSSR count). The third-order valence-corrected chi connectivity index (χ3v) is 3.33. The number of nitrogens with zero attached hydrogens (tertiary/aromatic N) is 2. The molecule has 0 aromatic heterocycles. The van der Waals surface area contributed by atoms with Crippen molar-refractivity contribution >= 4 is 29.1 Å². The molecule has 0 bridgehead atoms. The molecule has 0 atom stereocenters. The van der Waals surface area contributed by atoms with Gasteiger partial charge in [-0.1, -0.05) is 24.3 Å². The minimum Gasteiger partial charge on any atom is -0.506 e. The Hall–Kier alpha value is -3.28. The van der Waals surface area contributed by atoms with Gasteiger partial charge in [0.25, 0.3) is 5.69 Å². The van der Waals surface area contributed by atoms with Crippen LogP contribution in [0.15, 0.2) is 59.1 Å². The summed E-state index contributed by atoms with van der Waals surface area (Å²) in [5.41, 5.74) is 1.45. The van der Waals surface area contributed by atoms with E-state index in [1.807, 2.05) is 0 Å². The molecular weight excluding hydrogens is 284 g/mol. The van der Waals surface area contributed by atoms with Crippen LogP contribution in [0.5, 0.6) is 0 Å². The second-order valence-electron chi connectivity index (χ2n) is 4.67. The summed E-state index contributed by atoms with van der Waals surface area (Å²) in [7, 11) is 0. The molecule has 0 fully saturated rings. The standard InChI is InChI=1S/C16H10N2O4/c19-15-12-3-1-2-4-13(12)16(20)14(15)9-17-10-5-7-11(8-6-10)18(21)22/h1-9,19H. The molecule has 1 N–H and O–H groups in total. The van der Waals surface area contributed by atoms with Gasteiger partial charge in [-0.25, -0.2) is 0 Å². The molecule has 108 valence electrons. The first kappa shape index (κ1) is 13.7. The fourth-order valence-corrected chi connectivity index (χ4v) is 2.20. The molecule has 6 nitrogen and oxygen atoms in total. The molecule has 0 spiro atoms. The largest absolute Gasteiger partial charge is 0.506 e. The van der Waals surface area contributed by atoms with E-state index >= 15 is 0 Å². The number of benzene rings is 2. The SMILES string of the molecule is O=C1C(C=Nc2ccc([N+](=O)[O-])cc2)=C(O)c2ccccc21. The van der Waals surface area contributed by atoms with Crippen LogP contribution in [0.3, 0.4) is 0 Å². The Morgan fingerprint density at radius 2 is 1.68 bits per heavy atom. The maximum Gasteiger partial charge on any atom is 0.269 e. The van der Waals surface area contributed by atoms with Crippen LogP contribution in [0.25, 0.3) is 5.76 Å². The summed E-state index contributed by atoms with van der Waals surface area (Å²) in [6.07, 6.45) is 1.28. The number of aliphatic hydroxyl groups excluding tert-OH is 1. The van der Waals surface area contributed by atoms with Gasteiger partial charge in [-0.15, -0.1) is 0 Å². The second-order valence-corrected chi connectivity index (χ2v) is 4.67. The molecule has 2 aromatic carbocycles. The number of allylic oxidation sites excluding steroid dienone is 1. The molecule has 0 saturated carbocycles. The molecular formula is C16H10N2O4. The van der Waals surface area contributed by atoms with E-state index in [1.165, 1.54) is 30.5 Å². The van der Waals surface area contributed by atoms with Crippen LogP contribution in [0.2, 0.25) is 0 Å². The average Bonchev–Trinajstić information content (AvgIpc) is 2.78. The fraction of sp³-hybridized carbons (Fsp3) is 0. The minimum atomic E-state index is -0.501. The first-order valence-electron chi connectivity index (χ1n) is 6.44. The highest BCUT2D eigenvalue weighted by atomic mass is 16.6. The Bertz CT molecular complexity index is 835. The monoisotopic (exact) mass is 294 g/mol. The molecule has 0 amide bonds. The number of fused-ring (bicyclic) bond motifs is 1. The van der Waals surface area contributed by atoms with Gasteiger partial charge in [0.1, 0.15) is 5.76 Å². The van der Waals surface area contributed by atoms with Gasteiger partial charge in [0, 0.05) is 29.5 Å². The van der Waals surface area contributed by atoms with Crippen molar-refractivity contribution in [3.05, 3.63) is 75.3 Å². The second kappa shape index (κ2) is 5.25. The Morgan fingerprint density at radius 3 is 2.27 bits per heavy atom. The topological polar surface area (TPSA) is 92.8 Å². The normalized spacial score (nSPS) is 13.7. The number of hydrogen-bond acceptors (Lipinski definition) is 5. The number of rotatable bonds is 3. The predicted molar refractivity (Wildman–Crippen MR) is 81.6 cm³/mol. The smallest absolute Gasteiger partial charge is 0.269 e.